The van der Waals surface area contributed by atoms with Crippen LogP contribution in [0.3, 0.4) is 0 Å². The van der Waals surface area contributed by atoms with Crippen LogP contribution in [0.5, 0.6) is 5.75 Å². The molecule has 0 aliphatic carbocycles. The lowest BCUT2D eigenvalue weighted by molar-refractivity contribution is 0.0696. The van der Waals surface area contributed by atoms with Crippen molar-refractivity contribution in [3.05, 3.63) is 29.3 Å². The third-order valence-corrected chi connectivity index (χ3v) is 2.34. The highest BCUT2D eigenvalue weighted by molar-refractivity contribution is 5.89. The van der Waals surface area contributed by atoms with E-state index in [0.29, 0.717) is 5.56 Å². The van der Waals surface area contributed by atoms with E-state index in [9.17, 15) is 4.79 Å². The summed E-state index contributed by atoms with van der Waals surface area (Å²) < 4.78 is 5.59. The number of carboxylic acids is 1. The van der Waals surface area contributed by atoms with Gasteiger partial charge in [0.25, 0.3) is 0 Å². The molecule has 0 aliphatic heterocycles. The average molecular weight is 208 g/mol. The van der Waals surface area contributed by atoms with Gasteiger partial charge in [0, 0.05) is 0 Å². The lowest BCUT2D eigenvalue weighted by atomic mass is 10.1. The minimum Gasteiger partial charge on any atom is -0.491 e. The number of aryl methyl sites for hydroxylation is 1. The van der Waals surface area contributed by atoms with Crippen molar-refractivity contribution in [3.8, 4) is 5.75 Å². The minimum atomic E-state index is -0.900. The molecule has 15 heavy (non-hydrogen) atoms. The molecule has 0 heterocycles. The van der Waals surface area contributed by atoms with Gasteiger partial charge in [0.15, 0.2) is 0 Å². The van der Waals surface area contributed by atoms with Crippen LogP contribution in [0, 0.1) is 6.92 Å². The molecule has 0 radical (unpaired) electrons. The fourth-order valence-electron chi connectivity index (χ4n) is 1.27. The van der Waals surface area contributed by atoms with Crippen LogP contribution in [0.15, 0.2) is 18.2 Å². The molecule has 0 fully saturated rings. The maximum Gasteiger partial charge on any atom is 0.335 e. The van der Waals surface area contributed by atoms with Gasteiger partial charge in [0.05, 0.1) is 11.7 Å². The molecule has 82 valence electrons. The highest BCUT2D eigenvalue weighted by Crippen LogP contribution is 2.18. The van der Waals surface area contributed by atoms with E-state index < -0.39 is 5.97 Å². The van der Waals surface area contributed by atoms with Crippen LogP contribution < -0.4 is 4.74 Å². The van der Waals surface area contributed by atoms with Gasteiger partial charge in [-0.25, -0.2) is 4.79 Å². The van der Waals surface area contributed by atoms with E-state index in [1.807, 2.05) is 13.8 Å². The average Bonchev–Trinajstić information content (AvgIpc) is 2.17. The Morgan fingerprint density at radius 2 is 2.20 bits per heavy atom. The summed E-state index contributed by atoms with van der Waals surface area (Å²) in [5.74, 6) is -0.172. The summed E-state index contributed by atoms with van der Waals surface area (Å²) in [5, 5.41) is 8.84. The normalized spacial score (nSPS) is 12.2. The Morgan fingerprint density at radius 3 is 2.67 bits per heavy atom. The largest absolute Gasteiger partial charge is 0.491 e. The molecule has 0 aliphatic rings. The van der Waals surface area contributed by atoms with Crippen LogP contribution in [-0.2, 0) is 0 Å². The first-order valence-corrected chi connectivity index (χ1v) is 5.05. The zero-order valence-corrected chi connectivity index (χ0v) is 9.28. The number of ether oxygens (including phenoxy) is 1. The van der Waals surface area contributed by atoms with Crippen molar-refractivity contribution in [3.63, 3.8) is 0 Å². The third-order valence-electron chi connectivity index (χ3n) is 2.34. The quantitative estimate of drug-likeness (QED) is 0.827. The highest BCUT2D eigenvalue weighted by Gasteiger charge is 2.08. The number of hydrogen-bond acceptors (Lipinski definition) is 2. The summed E-state index contributed by atoms with van der Waals surface area (Å²) in [5.41, 5.74) is 1.05. The van der Waals surface area contributed by atoms with Gasteiger partial charge in [-0.1, -0.05) is 6.92 Å². The second-order valence-corrected chi connectivity index (χ2v) is 3.62. The number of benzene rings is 1. The van der Waals surface area contributed by atoms with Crippen LogP contribution in [0.25, 0.3) is 0 Å². The van der Waals surface area contributed by atoms with Gasteiger partial charge in [0.1, 0.15) is 5.75 Å². The van der Waals surface area contributed by atoms with Crippen molar-refractivity contribution < 1.29 is 14.6 Å². The van der Waals surface area contributed by atoms with E-state index in [1.54, 1.807) is 25.1 Å². The molecule has 0 saturated heterocycles. The molecule has 1 N–H and O–H groups in total. The van der Waals surface area contributed by atoms with Crippen molar-refractivity contribution in [1.82, 2.24) is 0 Å². The van der Waals surface area contributed by atoms with E-state index in [4.69, 9.17) is 9.84 Å². The third kappa shape index (κ3) is 2.98. The van der Waals surface area contributed by atoms with Crippen LogP contribution in [0.1, 0.15) is 36.2 Å². The van der Waals surface area contributed by atoms with Gasteiger partial charge in [-0.05, 0) is 44.0 Å². The fraction of sp³-hybridized carbons (Fsp3) is 0.417. The monoisotopic (exact) mass is 208 g/mol. The Labute approximate surface area is 89.7 Å². The molecule has 1 unspecified atom stereocenters. The maximum absolute atomic E-state index is 10.8. The molecule has 1 rings (SSSR count). The van der Waals surface area contributed by atoms with Crippen LogP contribution >= 0.6 is 0 Å². The van der Waals surface area contributed by atoms with Crippen molar-refractivity contribution >= 4 is 5.97 Å². The van der Waals surface area contributed by atoms with Crippen molar-refractivity contribution in [2.24, 2.45) is 0 Å². The molecule has 0 amide bonds. The smallest absolute Gasteiger partial charge is 0.335 e. The molecule has 0 aromatic heterocycles. The summed E-state index contributed by atoms with van der Waals surface area (Å²) in [6, 6.07) is 5.04. The van der Waals surface area contributed by atoms with Gasteiger partial charge < -0.3 is 9.84 Å². The molecular formula is C12H16O3. The van der Waals surface area contributed by atoms with Crippen molar-refractivity contribution in [2.45, 2.75) is 33.3 Å². The predicted octanol–water partition coefficient (Wildman–Crippen LogP) is 2.87. The highest BCUT2D eigenvalue weighted by atomic mass is 16.5. The summed E-state index contributed by atoms with van der Waals surface area (Å²) in [6.45, 7) is 5.80. The first-order chi connectivity index (χ1) is 7.04. The Bertz CT molecular complexity index is 358. The van der Waals surface area contributed by atoms with E-state index >= 15 is 0 Å². The molecule has 3 nitrogen and oxygen atoms in total. The number of carbonyl (C=O) groups is 1. The lowest BCUT2D eigenvalue weighted by Crippen LogP contribution is -2.10. The topological polar surface area (TPSA) is 46.5 Å². The van der Waals surface area contributed by atoms with E-state index in [-0.39, 0.29) is 6.10 Å². The van der Waals surface area contributed by atoms with E-state index in [1.165, 1.54) is 0 Å². The number of hydrogen-bond donors (Lipinski definition) is 1. The van der Waals surface area contributed by atoms with Gasteiger partial charge in [-0.15, -0.1) is 0 Å². The Morgan fingerprint density at radius 1 is 1.53 bits per heavy atom. The predicted molar refractivity (Wildman–Crippen MR) is 58.5 cm³/mol. The summed E-state index contributed by atoms with van der Waals surface area (Å²) in [4.78, 5) is 10.8. The van der Waals surface area contributed by atoms with Crippen LogP contribution in [0.4, 0.5) is 0 Å². The Kier molecular flexibility index (Phi) is 3.72. The number of rotatable bonds is 4. The molecule has 3 heteroatoms. The first kappa shape index (κ1) is 11.6. The zero-order valence-electron chi connectivity index (χ0n) is 9.28. The number of carboxylic acid groups (broad SMARTS) is 1. The van der Waals surface area contributed by atoms with Crippen molar-refractivity contribution in [1.29, 1.82) is 0 Å². The van der Waals surface area contributed by atoms with Gasteiger partial charge in [-0.2, -0.15) is 0 Å². The van der Waals surface area contributed by atoms with Crippen LogP contribution in [-0.4, -0.2) is 17.2 Å². The lowest BCUT2D eigenvalue weighted by Gasteiger charge is -2.13. The molecule has 0 bridgehead atoms. The molecule has 1 atom stereocenters. The standard InChI is InChI=1S/C12H16O3/c1-4-9(3)15-10-5-6-11(12(13)14)8(2)7-10/h5-7,9H,4H2,1-3H3,(H,13,14). The molecule has 0 saturated carbocycles. The zero-order chi connectivity index (χ0) is 11.4. The van der Waals surface area contributed by atoms with Crippen molar-refractivity contribution in [2.75, 3.05) is 0 Å². The Balaban J connectivity index is 2.87. The Hall–Kier alpha value is -1.51. The van der Waals surface area contributed by atoms with Gasteiger partial charge >= 0.3 is 5.97 Å². The van der Waals surface area contributed by atoms with Crippen LogP contribution in [0.2, 0.25) is 0 Å². The molecule has 1 aromatic rings. The molecular weight excluding hydrogens is 192 g/mol. The van der Waals surface area contributed by atoms with E-state index in [2.05, 4.69) is 0 Å². The number of aromatic carboxylic acids is 1. The fourth-order valence-corrected chi connectivity index (χ4v) is 1.27. The summed E-state index contributed by atoms with van der Waals surface area (Å²) in [6.07, 6.45) is 1.08. The minimum absolute atomic E-state index is 0.153. The summed E-state index contributed by atoms with van der Waals surface area (Å²) in [7, 11) is 0. The maximum atomic E-state index is 10.8. The van der Waals surface area contributed by atoms with Gasteiger partial charge in [0.2, 0.25) is 0 Å². The van der Waals surface area contributed by atoms with Gasteiger partial charge in [-0.3, -0.25) is 0 Å². The SMILES string of the molecule is CCC(C)Oc1ccc(C(=O)O)c(C)c1. The second-order valence-electron chi connectivity index (χ2n) is 3.62. The first-order valence-electron chi connectivity index (χ1n) is 5.05. The molecule has 0 spiro atoms. The molecule has 1 aromatic carbocycles. The van der Waals surface area contributed by atoms with E-state index in [0.717, 1.165) is 17.7 Å². The second kappa shape index (κ2) is 4.82. The summed E-state index contributed by atoms with van der Waals surface area (Å²) >= 11 is 0.